The molecule has 2 aromatic rings. The molecule has 0 aliphatic rings. The first kappa shape index (κ1) is 16.5. The molecule has 120 valence electrons. The molecular weight excluding hydrogens is 292 g/mol. The van der Waals surface area contributed by atoms with Crippen LogP contribution in [0.25, 0.3) is 0 Å². The van der Waals surface area contributed by atoms with Crippen LogP contribution in [0.4, 0.5) is 10.5 Å². The molecule has 2 aromatic carbocycles. The second-order valence-corrected chi connectivity index (χ2v) is 5.29. The molecule has 2 amide bonds. The molecule has 0 saturated carbocycles. The van der Waals surface area contributed by atoms with Crippen LogP contribution < -0.4 is 10.6 Å². The van der Waals surface area contributed by atoms with E-state index in [1.165, 1.54) is 0 Å². The third kappa shape index (κ3) is 5.47. The summed E-state index contributed by atoms with van der Waals surface area (Å²) in [6, 6.07) is 16.1. The summed E-state index contributed by atoms with van der Waals surface area (Å²) in [5, 5.41) is 5.26. The van der Waals surface area contributed by atoms with Crippen LogP contribution in [0.5, 0.6) is 0 Å². The van der Waals surface area contributed by atoms with Crippen molar-refractivity contribution in [2.75, 3.05) is 5.32 Å². The lowest BCUT2D eigenvalue weighted by Gasteiger charge is -2.14. The van der Waals surface area contributed by atoms with Crippen molar-refractivity contribution in [2.24, 2.45) is 0 Å². The zero-order chi connectivity index (χ0) is 16.7. The van der Waals surface area contributed by atoms with Gasteiger partial charge in [-0.15, -0.1) is 0 Å². The summed E-state index contributed by atoms with van der Waals surface area (Å²) in [4.78, 5) is 23.8. The lowest BCUT2D eigenvalue weighted by atomic mass is 10.2. The number of hydrogen-bond donors (Lipinski definition) is 2. The van der Waals surface area contributed by atoms with E-state index in [1.54, 1.807) is 13.0 Å². The van der Waals surface area contributed by atoms with E-state index in [4.69, 9.17) is 4.74 Å². The average Bonchev–Trinajstić information content (AvgIpc) is 2.54. The monoisotopic (exact) mass is 312 g/mol. The Morgan fingerprint density at radius 1 is 1.09 bits per heavy atom. The Morgan fingerprint density at radius 2 is 1.83 bits per heavy atom. The number of benzene rings is 2. The highest BCUT2D eigenvalue weighted by atomic mass is 16.5. The minimum absolute atomic E-state index is 0.166. The first-order valence-corrected chi connectivity index (χ1v) is 7.39. The van der Waals surface area contributed by atoms with Gasteiger partial charge in [-0.1, -0.05) is 42.5 Å². The highest BCUT2D eigenvalue weighted by Gasteiger charge is 2.16. The van der Waals surface area contributed by atoms with Gasteiger partial charge < -0.3 is 15.4 Å². The van der Waals surface area contributed by atoms with Crippen LogP contribution in [0.1, 0.15) is 18.1 Å². The Balaban J connectivity index is 1.79. The first-order chi connectivity index (χ1) is 11.0. The van der Waals surface area contributed by atoms with Gasteiger partial charge in [0.1, 0.15) is 12.6 Å². The van der Waals surface area contributed by atoms with Gasteiger partial charge in [-0.05, 0) is 37.1 Å². The topological polar surface area (TPSA) is 67.4 Å². The molecule has 0 aromatic heterocycles. The van der Waals surface area contributed by atoms with Crippen molar-refractivity contribution in [3.05, 3.63) is 65.7 Å². The summed E-state index contributed by atoms with van der Waals surface area (Å²) in [5.74, 6) is -0.299. The van der Waals surface area contributed by atoms with Gasteiger partial charge in [0, 0.05) is 5.69 Å². The smallest absolute Gasteiger partial charge is 0.408 e. The lowest BCUT2D eigenvalue weighted by Crippen LogP contribution is -2.41. The van der Waals surface area contributed by atoms with E-state index in [2.05, 4.69) is 10.6 Å². The molecule has 0 spiro atoms. The Labute approximate surface area is 135 Å². The molecule has 2 N–H and O–H groups in total. The van der Waals surface area contributed by atoms with Gasteiger partial charge in [0.15, 0.2) is 0 Å². The molecule has 0 bridgehead atoms. The number of carbonyl (C=O) groups is 2. The van der Waals surface area contributed by atoms with E-state index >= 15 is 0 Å². The second kappa shape index (κ2) is 7.98. The standard InChI is InChI=1S/C18H20N2O3/c1-13-7-6-10-16(11-13)20-17(21)14(2)19-18(22)23-12-15-8-4-3-5-9-15/h3-11,14H,12H2,1-2H3,(H,19,22)(H,20,21)/t14-/m0/s1. The molecule has 0 fully saturated rings. The van der Waals surface area contributed by atoms with Crippen LogP contribution >= 0.6 is 0 Å². The number of alkyl carbamates (subject to hydrolysis) is 1. The average molecular weight is 312 g/mol. The van der Waals surface area contributed by atoms with E-state index in [9.17, 15) is 9.59 Å². The van der Waals surface area contributed by atoms with Gasteiger partial charge in [-0.3, -0.25) is 4.79 Å². The number of anilines is 1. The number of hydrogen-bond acceptors (Lipinski definition) is 3. The fraction of sp³-hybridized carbons (Fsp3) is 0.222. The van der Waals surface area contributed by atoms with Crippen molar-refractivity contribution in [3.63, 3.8) is 0 Å². The zero-order valence-corrected chi connectivity index (χ0v) is 13.2. The summed E-state index contributed by atoms with van der Waals surface area (Å²) in [7, 11) is 0. The van der Waals surface area contributed by atoms with E-state index in [0.717, 1.165) is 11.1 Å². The number of carbonyl (C=O) groups excluding carboxylic acids is 2. The quantitative estimate of drug-likeness (QED) is 0.890. The SMILES string of the molecule is Cc1cccc(NC(=O)[C@H](C)NC(=O)OCc2ccccc2)c1. The Hall–Kier alpha value is -2.82. The molecule has 0 aliphatic heterocycles. The molecule has 0 aliphatic carbocycles. The minimum Gasteiger partial charge on any atom is -0.445 e. The van der Waals surface area contributed by atoms with Crippen molar-refractivity contribution >= 4 is 17.7 Å². The van der Waals surface area contributed by atoms with Crippen molar-refractivity contribution in [1.82, 2.24) is 5.32 Å². The highest BCUT2D eigenvalue weighted by molar-refractivity contribution is 5.96. The van der Waals surface area contributed by atoms with Crippen molar-refractivity contribution < 1.29 is 14.3 Å². The lowest BCUT2D eigenvalue weighted by molar-refractivity contribution is -0.117. The molecule has 23 heavy (non-hydrogen) atoms. The molecule has 0 heterocycles. The number of rotatable bonds is 5. The Bertz CT molecular complexity index is 671. The fourth-order valence-corrected chi connectivity index (χ4v) is 1.98. The van der Waals surface area contributed by atoms with Crippen molar-refractivity contribution in [1.29, 1.82) is 0 Å². The van der Waals surface area contributed by atoms with Gasteiger partial charge in [0.05, 0.1) is 0 Å². The third-order valence-corrected chi connectivity index (χ3v) is 3.23. The van der Waals surface area contributed by atoms with Crippen LogP contribution in [0.15, 0.2) is 54.6 Å². The summed E-state index contributed by atoms with van der Waals surface area (Å²) in [5.41, 5.74) is 2.63. The van der Waals surface area contributed by atoms with Crippen molar-refractivity contribution in [2.45, 2.75) is 26.5 Å². The van der Waals surface area contributed by atoms with Crippen LogP contribution in [0, 0.1) is 6.92 Å². The number of amides is 2. The van der Waals surface area contributed by atoms with Gasteiger partial charge in [0.2, 0.25) is 5.91 Å². The summed E-state index contributed by atoms with van der Waals surface area (Å²) >= 11 is 0. The van der Waals surface area contributed by atoms with Gasteiger partial charge in [0.25, 0.3) is 0 Å². The predicted octanol–water partition coefficient (Wildman–Crippen LogP) is 3.25. The van der Waals surface area contributed by atoms with Crippen LogP contribution in [-0.2, 0) is 16.1 Å². The normalized spacial score (nSPS) is 11.4. The number of nitrogens with one attached hydrogen (secondary N) is 2. The van der Waals surface area contributed by atoms with Crippen LogP contribution in [-0.4, -0.2) is 18.0 Å². The van der Waals surface area contributed by atoms with Crippen LogP contribution in [0.3, 0.4) is 0 Å². The Kier molecular flexibility index (Phi) is 5.74. The van der Waals surface area contributed by atoms with Gasteiger partial charge in [-0.25, -0.2) is 4.79 Å². The van der Waals surface area contributed by atoms with E-state index < -0.39 is 12.1 Å². The zero-order valence-electron chi connectivity index (χ0n) is 13.2. The van der Waals surface area contributed by atoms with E-state index in [1.807, 2.05) is 55.5 Å². The Morgan fingerprint density at radius 3 is 2.52 bits per heavy atom. The summed E-state index contributed by atoms with van der Waals surface area (Å²) in [6.45, 7) is 3.71. The first-order valence-electron chi connectivity index (χ1n) is 7.39. The maximum atomic E-state index is 12.1. The van der Waals surface area contributed by atoms with E-state index in [0.29, 0.717) is 5.69 Å². The molecule has 0 unspecified atom stereocenters. The number of aryl methyl sites for hydroxylation is 1. The van der Waals surface area contributed by atoms with E-state index in [-0.39, 0.29) is 12.5 Å². The van der Waals surface area contributed by atoms with Crippen molar-refractivity contribution in [3.8, 4) is 0 Å². The summed E-state index contributed by atoms with van der Waals surface area (Å²) < 4.78 is 5.09. The maximum Gasteiger partial charge on any atom is 0.408 e. The van der Waals surface area contributed by atoms with Crippen LogP contribution in [0.2, 0.25) is 0 Å². The molecule has 5 nitrogen and oxygen atoms in total. The molecular formula is C18H20N2O3. The number of ether oxygens (including phenoxy) is 1. The maximum absolute atomic E-state index is 12.1. The molecule has 0 saturated heterocycles. The van der Waals surface area contributed by atoms with Gasteiger partial charge in [-0.2, -0.15) is 0 Å². The highest BCUT2D eigenvalue weighted by Crippen LogP contribution is 2.09. The molecule has 5 heteroatoms. The van der Waals surface area contributed by atoms with Gasteiger partial charge >= 0.3 is 6.09 Å². The molecule has 1 atom stereocenters. The second-order valence-electron chi connectivity index (χ2n) is 5.29. The molecule has 0 radical (unpaired) electrons. The largest absolute Gasteiger partial charge is 0.445 e. The predicted molar refractivity (Wildman–Crippen MR) is 89.0 cm³/mol. The minimum atomic E-state index is -0.696. The fourth-order valence-electron chi connectivity index (χ4n) is 1.98. The summed E-state index contributed by atoms with van der Waals surface area (Å²) in [6.07, 6.45) is -0.624. The molecule has 2 rings (SSSR count). The third-order valence-electron chi connectivity index (χ3n) is 3.23.